The topological polar surface area (TPSA) is 29.5 Å². The van der Waals surface area contributed by atoms with Gasteiger partial charge in [0.15, 0.2) is 0 Å². The fourth-order valence-corrected chi connectivity index (χ4v) is 0.940. The van der Waals surface area contributed by atoms with Crippen LogP contribution in [0.25, 0.3) is 0 Å². The van der Waals surface area contributed by atoms with Crippen molar-refractivity contribution in [2.24, 2.45) is 0 Å². The van der Waals surface area contributed by atoms with Gasteiger partial charge in [-0.2, -0.15) is 0 Å². The predicted octanol–water partition coefficient (Wildman–Crippen LogP) is 1.89. The van der Waals surface area contributed by atoms with E-state index in [9.17, 15) is 4.39 Å². The Labute approximate surface area is 77.0 Å². The van der Waals surface area contributed by atoms with Crippen molar-refractivity contribution in [3.8, 4) is 5.75 Å². The zero-order valence-electron chi connectivity index (χ0n) is 7.75. The van der Waals surface area contributed by atoms with Gasteiger partial charge in [-0.3, -0.25) is 0 Å². The number of aliphatic hydroxyl groups excluding tert-OH is 1. The van der Waals surface area contributed by atoms with Crippen LogP contribution in [-0.2, 0) is 0 Å². The molecule has 0 fully saturated rings. The molecule has 1 aromatic rings. The highest BCUT2D eigenvalue weighted by Gasteiger charge is 2.02. The summed E-state index contributed by atoms with van der Waals surface area (Å²) in [6, 6.07) is 4.34. The first-order valence-electron chi connectivity index (χ1n) is 4.16. The number of hydrogen-bond acceptors (Lipinski definition) is 2. The van der Waals surface area contributed by atoms with Gasteiger partial charge in [0.1, 0.15) is 18.2 Å². The zero-order valence-corrected chi connectivity index (χ0v) is 7.75. The molecule has 0 unspecified atom stereocenters. The third-order valence-corrected chi connectivity index (χ3v) is 1.63. The second kappa shape index (κ2) is 4.23. The van der Waals surface area contributed by atoms with Gasteiger partial charge in [-0.25, -0.2) is 4.39 Å². The largest absolute Gasteiger partial charge is 0.491 e. The van der Waals surface area contributed by atoms with Crippen molar-refractivity contribution >= 4 is 0 Å². The van der Waals surface area contributed by atoms with Gasteiger partial charge in [0.05, 0.1) is 6.10 Å². The van der Waals surface area contributed by atoms with Crippen molar-refractivity contribution in [3.05, 3.63) is 29.6 Å². The number of rotatable bonds is 3. The summed E-state index contributed by atoms with van der Waals surface area (Å²) in [5.74, 6) is 0.159. The van der Waals surface area contributed by atoms with Crippen LogP contribution in [-0.4, -0.2) is 17.8 Å². The first-order chi connectivity index (χ1) is 6.09. The molecule has 0 heterocycles. The number of hydrogen-bond donors (Lipinski definition) is 1. The SMILES string of the molecule is Cc1ccc(F)cc1OC[C@@H](C)O. The molecule has 3 heteroatoms. The van der Waals surface area contributed by atoms with E-state index in [1.165, 1.54) is 12.1 Å². The molecule has 0 aromatic heterocycles. The number of benzene rings is 1. The summed E-state index contributed by atoms with van der Waals surface area (Å²) < 4.78 is 17.9. The lowest BCUT2D eigenvalue weighted by molar-refractivity contribution is 0.122. The summed E-state index contributed by atoms with van der Waals surface area (Å²) in [7, 11) is 0. The van der Waals surface area contributed by atoms with E-state index >= 15 is 0 Å². The third-order valence-electron chi connectivity index (χ3n) is 1.63. The summed E-state index contributed by atoms with van der Waals surface area (Å²) in [5.41, 5.74) is 0.863. The van der Waals surface area contributed by atoms with E-state index in [1.54, 1.807) is 13.0 Å². The molecule has 1 aromatic carbocycles. The molecule has 0 amide bonds. The molecular weight excluding hydrogens is 171 g/mol. The normalized spacial score (nSPS) is 12.6. The molecule has 0 saturated carbocycles. The van der Waals surface area contributed by atoms with Crippen LogP contribution >= 0.6 is 0 Å². The fraction of sp³-hybridized carbons (Fsp3) is 0.400. The van der Waals surface area contributed by atoms with E-state index in [4.69, 9.17) is 9.84 Å². The highest BCUT2D eigenvalue weighted by Crippen LogP contribution is 2.18. The van der Waals surface area contributed by atoms with Crippen LogP contribution in [0.3, 0.4) is 0 Å². The minimum atomic E-state index is -0.539. The predicted molar refractivity (Wildman–Crippen MR) is 48.3 cm³/mol. The summed E-state index contributed by atoms with van der Waals surface area (Å²) in [5, 5.41) is 8.96. The molecule has 0 aliphatic rings. The Morgan fingerprint density at radius 1 is 1.54 bits per heavy atom. The maximum absolute atomic E-state index is 12.7. The van der Waals surface area contributed by atoms with Crippen molar-refractivity contribution in [1.29, 1.82) is 0 Å². The van der Waals surface area contributed by atoms with Crippen molar-refractivity contribution in [1.82, 2.24) is 0 Å². The lowest BCUT2D eigenvalue weighted by Crippen LogP contribution is -2.13. The van der Waals surface area contributed by atoms with Gasteiger partial charge < -0.3 is 9.84 Å². The molecule has 0 radical (unpaired) electrons. The fourth-order valence-electron chi connectivity index (χ4n) is 0.940. The standard InChI is InChI=1S/C10H13FO2/c1-7-3-4-9(11)5-10(7)13-6-8(2)12/h3-5,8,12H,6H2,1-2H3/t8-/m1/s1. The average molecular weight is 184 g/mol. The maximum Gasteiger partial charge on any atom is 0.126 e. The molecule has 0 bridgehead atoms. The summed E-state index contributed by atoms with van der Waals surface area (Å²) in [4.78, 5) is 0. The smallest absolute Gasteiger partial charge is 0.126 e. The van der Waals surface area contributed by atoms with Crippen molar-refractivity contribution in [2.75, 3.05) is 6.61 Å². The van der Waals surface area contributed by atoms with Gasteiger partial charge in [-0.15, -0.1) is 0 Å². The molecule has 2 nitrogen and oxygen atoms in total. The van der Waals surface area contributed by atoms with Crippen molar-refractivity contribution in [3.63, 3.8) is 0 Å². The lowest BCUT2D eigenvalue weighted by atomic mass is 10.2. The van der Waals surface area contributed by atoms with E-state index in [0.717, 1.165) is 5.56 Å². The second-order valence-electron chi connectivity index (χ2n) is 3.07. The molecule has 0 aliphatic heterocycles. The minimum absolute atomic E-state index is 0.185. The molecular formula is C10H13FO2. The molecule has 0 aliphatic carbocycles. The van der Waals surface area contributed by atoms with Gasteiger partial charge in [-0.05, 0) is 25.5 Å². The molecule has 1 atom stereocenters. The van der Waals surface area contributed by atoms with Crippen molar-refractivity contribution in [2.45, 2.75) is 20.0 Å². The van der Waals surface area contributed by atoms with Gasteiger partial charge in [0.2, 0.25) is 0 Å². The molecule has 72 valence electrons. The summed E-state index contributed by atoms with van der Waals surface area (Å²) in [6.07, 6.45) is -0.539. The van der Waals surface area contributed by atoms with Crippen LogP contribution in [0.2, 0.25) is 0 Å². The maximum atomic E-state index is 12.7. The molecule has 0 spiro atoms. The molecule has 1 N–H and O–H groups in total. The third kappa shape index (κ3) is 3.03. The highest BCUT2D eigenvalue weighted by molar-refractivity contribution is 5.32. The first-order valence-corrected chi connectivity index (χ1v) is 4.16. The number of aryl methyl sites for hydroxylation is 1. The van der Waals surface area contributed by atoms with Gasteiger partial charge in [-0.1, -0.05) is 6.07 Å². The Morgan fingerprint density at radius 2 is 2.23 bits per heavy atom. The lowest BCUT2D eigenvalue weighted by Gasteiger charge is -2.10. The van der Waals surface area contributed by atoms with E-state index in [1.807, 2.05) is 6.92 Å². The number of halogens is 1. The van der Waals surface area contributed by atoms with Crippen LogP contribution in [0.15, 0.2) is 18.2 Å². The van der Waals surface area contributed by atoms with E-state index < -0.39 is 6.10 Å². The Kier molecular flexibility index (Phi) is 3.25. The minimum Gasteiger partial charge on any atom is -0.491 e. The van der Waals surface area contributed by atoms with Crippen molar-refractivity contribution < 1.29 is 14.2 Å². The monoisotopic (exact) mass is 184 g/mol. The second-order valence-corrected chi connectivity index (χ2v) is 3.07. The van der Waals surface area contributed by atoms with Gasteiger partial charge in [0.25, 0.3) is 0 Å². The van der Waals surface area contributed by atoms with Gasteiger partial charge >= 0.3 is 0 Å². The average Bonchev–Trinajstić information content (AvgIpc) is 2.06. The first kappa shape index (κ1) is 9.99. The number of aliphatic hydroxyl groups is 1. The van der Waals surface area contributed by atoms with Crippen LogP contribution in [0.1, 0.15) is 12.5 Å². The Hall–Kier alpha value is -1.09. The van der Waals surface area contributed by atoms with Crippen LogP contribution in [0.5, 0.6) is 5.75 Å². The van der Waals surface area contributed by atoms with Crippen LogP contribution in [0, 0.1) is 12.7 Å². The van der Waals surface area contributed by atoms with Crippen LogP contribution in [0.4, 0.5) is 4.39 Å². The van der Waals surface area contributed by atoms with Crippen LogP contribution < -0.4 is 4.74 Å². The Morgan fingerprint density at radius 3 is 2.85 bits per heavy atom. The summed E-state index contributed by atoms with van der Waals surface area (Å²) >= 11 is 0. The molecule has 1 rings (SSSR count). The Balaban J connectivity index is 2.70. The summed E-state index contributed by atoms with van der Waals surface area (Å²) in [6.45, 7) is 3.63. The van der Waals surface area contributed by atoms with Gasteiger partial charge in [0, 0.05) is 6.07 Å². The Bertz CT molecular complexity index is 284. The van der Waals surface area contributed by atoms with E-state index in [0.29, 0.717) is 5.75 Å². The van der Waals surface area contributed by atoms with E-state index in [-0.39, 0.29) is 12.4 Å². The highest BCUT2D eigenvalue weighted by atomic mass is 19.1. The quantitative estimate of drug-likeness (QED) is 0.777. The van der Waals surface area contributed by atoms with E-state index in [2.05, 4.69) is 0 Å². The molecule has 0 saturated heterocycles. The zero-order chi connectivity index (χ0) is 9.84. The molecule has 13 heavy (non-hydrogen) atoms. The number of ether oxygens (including phenoxy) is 1.